The molecule has 1 nitrogen and oxygen atoms in total. The Kier molecular flexibility index (Phi) is 2.68. The first-order valence-corrected chi connectivity index (χ1v) is 6.50. The van der Waals surface area contributed by atoms with Gasteiger partial charge in [-0.3, -0.25) is 4.79 Å². The van der Waals surface area contributed by atoms with Gasteiger partial charge in [0.25, 0.3) is 0 Å². The Morgan fingerprint density at radius 2 is 1.60 bits per heavy atom. The second-order valence-corrected chi connectivity index (χ2v) is 6.23. The first kappa shape index (κ1) is 11.2. The van der Waals surface area contributed by atoms with Crippen LogP contribution in [0.5, 0.6) is 0 Å². The summed E-state index contributed by atoms with van der Waals surface area (Å²) in [5.41, 5.74) is 0.364. The minimum atomic E-state index is 0.302. The Labute approximate surface area is 93.6 Å². The molecule has 0 aromatic carbocycles. The zero-order valence-electron chi connectivity index (χ0n) is 10.5. The molecule has 2 fully saturated rings. The fraction of sp³-hybridized carbons (Fsp3) is 0.929. The molecule has 2 aliphatic carbocycles. The third-order valence-electron chi connectivity index (χ3n) is 5.56. The quantitative estimate of drug-likeness (QED) is 0.593. The van der Waals surface area contributed by atoms with Crippen molar-refractivity contribution in [3.63, 3.8) is 0 Å². The largest absolute Gasteiger partial charge is 0.299 e. The van der Waals surface area contributed by atoms with Gasteiger partial charge in [0.15, 0.2) is 0 Å². The Morgan fingerprint density at radius 3 is 2.07 bits per heavy atom. The second-order valence-electron chi connectivity index (χ2n) is 6.23. The molecule has 15 heavy (non-hydrogen) atoms. The van der Waals surface area contributed by atoms with Crippen LogP contribution in [0.2, 0.25) is 0 Å². The van der Waals surface area contributed by atoms with Gasteiger partial charge in [-0.2, -0.15) is 0 Å². The molecule has 0 aliphatic heterocycles. The number of carbonyl (C=O) groups excluding carboxylic acids is 1. The van der Waals surface area contributed by atoms with Gasteiger partial charge in [-0.1, -0.05) is 27.7 Å². The predicted molar refractivity (Wildman–Crippen MR) is 62.6 cm³/mol. The van der Waals surface area contributed by atoms with Crippen LogP contribution in [-0.2, 0) is 4.79 Å². The maximum atomic E-state index is 12.1. The highest BCUT2D eigenvalue weighted by molar-refractivity contribution is 5.82. The summed E-state index contributed by atoms with van der Waals surface area (Å²) >= 11 is 0. The first-order chi connectivity index (χ1) is 6.97. The van der Waals surface area contributed by atoms with E-state index in [1.54, 1.807) is 0 Å². The number of ketones is 1. The molecule has 1 spiro atoms. The smallest absolute Gasteiger partial charge is 0.136 e. The van der Waals surface area contributed by atoms with Gasteiger partial charge in [0, 0.05) is 12.3 Å². The average Bonchev–Trinajstić information content (AvgIpc) is 2.43. The maximum Gasteiger partial charge on any atom is 0.136 e. The van der Waals surface area contributed by atoms with Crippen LogP contribution in [0.1, 0.15) is 53.4 Å². The summed E-state index contributed by atoms with van der Waals surface area (Å²) in [5, 5.41) is 0. The van der Waals surface area contributed by atoms with Gasteiger partial charge < -0.3 is 0 Å². The van der Waals surface area contributed by atoms with Crippen molar-refractivity contribution in [2.24, 2.45) is 29.1 Å². The summed E-state index contributed by atoms with van der Waals surface area (Å²) in [6.45, 7) is 9.10. The molecule has 0 saturated heterocycles. The lowest BCUT2D eigenvalue weighted by atomic mass is 9.58. The van der Waals surface area contributed by atoms with Crippen LogP contribution in [0.4, 0.5) is 0 Å². The molecule has 0 N–H and O–H groups in total. The summed E-state index contributed by atoms with van der Waals surface area (Å²) in [6.07, 6.45) is 4.80. The molecular formula is C14H24O. The molecule has 0 aromatic heterocycles. The van der Waals surface area contributed by atoms with Crippen molar-refractivity contribution in [2.75, 3.05) is 0 Å². The highest BCUT2D eigenvalue weighted by Crippen LogP contribution is 2.57. The lowest BCUT2D eigenvalue weighted by Gasteiger charge is -2.45. The third-order valence-corrected chi connectivity index (χ3v) is 5.56. The molecule has 0 heterocycles. The summed E-state index contributed by atoms with van der Waals surface area (Å²) in [6, 6.07) is 0. The number of rotatable bonds is 0. The summed E-state index contributed by atoms with van der Waals surface area (Å²) < 4.78 is 0. The molecule has 2 saturated carbocycles. The predicted octanol–water partition coefficient (Wildman–Crippen LogP) is 3.67. The lowest BCUT2D eigenvalue weighted by Crippen LogP contribution is -2.42. The Morgan fingerprint density at radius 1 is 1.07 bits per heavy atom. The number of Topliss-reactive ketones (excluding diaryl/α,β-unsaturated/α-hetero) is 1. The van der Waals surface area contributed by atoms with Crippen molar-refractivity contribution in [3.8, 4) is 0 Å². The molecule has 0 radical (unpaired) electrons. The van der Waals surface area contributed by atoms with E-state index in [1.165, 1.54) is 19.3 Å². The SMILES string of the molecule is CC1C(=O)CC2(C[C@H]1C)C(C)CCC2C. The maximum absolute atomic E-state index is 12.1. The summed E-state index contributed by atoms with van der Waals surface area (Å²) in [4.78, 5) is 12.1. The number of hydrogen-bond acceptors (Lipinski definition) is 1. The molecule has 0 bridgehead atoms. The second kappa shape index (κ2) is 3.61. The highest BCUT2D eigenvalue weighted by atomic mass is 16.1. The van der Waals surface area contributed by atoms with E-state index in [4.69, 9.17) is 0 Å². The number of hydrogen-bond donors (Lipinski definition) is 0. The van der Waals surface area contributed by atoms with Gasteiger partial charge in [-0.05, 0) is 42.4 Å². The van der Waals surface area contributed by atoms with E-state index in [0.717, 1.165) is 18.3 Å². The standard InChI is InChI=1S/C14H24O/c1-9-7-14(8-13(15)12(9)4)10(2)5-6-11(14)3/h9-12H,5-8H2,1-4H3/t9-,10?,11?,12?,14?/m1/s1. The van der Waals surface area contributed by atoms with Crippen LogP contribution in [0.15, 0.2) is 0 Å². The van der Waals surface area contributed by atoms with Gasteiger partial charge in [0.2, 0.25) is 0 Å². The Hall–Kier alpha value is -0.330. The van der Waals surface area contributed by atoms with Crippen LogP contribution in [-0.4, -0.2) is 5.78 Å². The van der Waals surface area contributed by atoms with Crippen molar-refractivity contribution in [1.29, 1.82) is 0 Å². The average molecular weight is 208 g/mol. The van der Waals surface area contributed by atoms with Crippen molar-refractivity contribution >= 4 is 5.78 Å². The van der Waals surface area contributed by atoms with E-state index in [-0.39, 0.29) is 0 Å². The normalized spacial score (nSPS) is 51.3. The first-order valence-electron chi connectivity index (χ1n) is 6.50. The van der Waals surface area contributed by atoms with Crippen molar-refractivity contribution in [1.82, 2.24) is 0 Å². The summed E-state index contributed by atoms with van der Waals surface area (Å²) in [7, 11) is 0. The van der Waals surface area contributed by atoms with Crippen molar-refractivity contribution in [3.05, 3.63) is 0 Å². The zero-order chi connectivity index (χ0) is 11.2. The molecule has 0 aromatic rings. The molecule has 2 rings (SSSR count). The molecular weight excluding hydrogens is 184 g/mol. The van der Waals surface area contributed by atoms with E-state index in [2.05, 4.69) is 27.7 Å². The van der Waals surface area contributed by atoms with E-state index in [1.807, 2.05) is 0 Å². The molecule has 0 amide bonds. The highest BCUT2D eigenvalue weighted by Gasteiger charge is 2.51. The minimum absolute atomic E-state index is 0.302. The van der Waals surface area contributed by atoms with Crippen molar-refractivity contribution < 1.29 is 4.79 Å². The fourth-order valence-electron chi connectivity index (χ4n) is 3.96. The number of carbonyl (C=O) groups is 1. The Balaban J connectivity index is 2.26. The minimum Gasteiger partial charge on any atom is -0.299 e. The van der Waals surface area contributed by atoms with E-state index < -0.39 is 0 Å². The van der Waals surface area contributed by atoms with Gasteiger partial charge in [0.05, 0.1) is 0 Å². The zero-order valence-corrected chi connectivity index (χ0v) is 10.5. The Bertz CT molecular complexity index is 259. The van der Waals surface area contributed by atoms with Crippen molar-refractivity contribution in [2.45, 2.75) is 53.4 Å². The van der Waals surface area contributed by atoms with E-state index in [0.29, 0.717) is 23.0 Å². The molecule has 2 aliphatic rings. The van der Waals surface area contributed by atoms with Gasteiger partial charge in [0.1, 0.15) is 5.78 Å². The molecule has 4 atom stereocenters. The van der Waals surface area contributed by atoms with Gasteiger partial charge >= 0.3 is 0 Å². The third kappa shape index (κ3) is 1.55. The molecule has 3 unspecified atom stereocenters. The van der Waals surface area contributed by atoms with E-state index in [9.17, 15) is 4.79 Å². The fourth-order valence-corrected chi connectivity index (χ4v) is 3.96. The molecule has 1 heteroatoms. The monoisotopic (exact) mass is 208 g/mol. The summed E-state index contributed by atoms with van der Waals surface area (Å²) in [5.74, 6) is 2.93. The van der Waals surface area contributed by atoms with Crippen LogP contribution >= 0.6 is 0 Å². The van der Waals surface area contributed by atoms with Gasteiger partial charge in [-0.25, -0.2) is 0 Å². The van der Waals surface area contributed by atoms with Crippen LogP contribution in [0.3, 0.4) is 0 Å². The lowest BCUT2D eigenvalue weighted by molar-refractivity contribution is -0.133. The van der Waals surface area contributed by atoms with Crippen LogP contribution < -0.4 is 0 Å². The van der Waals surface area contributed by atoms with Crippen LogP contribution in [0, 0.1) is 29.1 Å². The molecule has 86 valence electrons. The van der Waals surface area contributed by atoms with Gasteiger partial charge in [-0.15, -0.1) is 0 Å². The van der Waals surface area contributed by atoms with Crippen LogP contribution in [0.25, 0.3) is 0 Å². The van der Waals surface area contributed by atoms with E-state index >= 15 is 0 Å². The topological polar surface area (TPSA) is 17.1 Å².